The molecule has 2 aromatic heterocycles. The lowest BCUT2D eigenvalue weighted by Crippen LogP contribution is -2.08. The highest BCUT2D eigenvalue weighted by atomic mass is 16.5. The highest BCUT2D eigenvalue weighted by Gasteiger charge is 2.11. The van der Waals surface area contributed by atoms with Crippen LogP contribution in [0.5, 0.6) is 0 Å². The van der Waals surface area contributed by atoms with Gasteiger partial charge < -0.3 is 10.1 Å². The molecule has 2 heterocycles. The number of rotatable bonds is 4. The second kappa shape index (κ2) is 6.00. The van der Waals surface area contributed by atoms with Gasteiger partial charge in [0.1, 0.15) is 6.07 Å². The second-order valence-corrected chi connectivity index (χ2v) is 4.22. The van der Waals surface area contributed by atoms with Crippen LogP contribution in [-0.4, -0.2) is 32.2 Å². The minimum atomic E-state index is -0.693. The van der Waals surface area contributed by atoms with Crippen LogP contribution in [0, 0.1) is 25.2 Å². The zero-order valence-corrected chi connectivity index (χ0v) is 11.9. The van der Waals surface area contributed by atoms with E-state index in [0.29, 0.717) is 5.78 Å². The molecule has 0 aliphatic rings. The number of ether oxygens (including phenoxy) is 1. The van der Waals surface area contributed by atoms with Gasteiger partial charge in [0, 0.05) is 17.6 Å². The van der Waals surface area contributed by atoms with Crippen LogP contribution < -0.4 is 5.32 Å². The van der Waals surface area contributed by atoms with E-state index >= 15 is 0 Å². The van der Waals surface area contributed by atoms with Crippen molar-refractivity contribution in [2.45, 2.75) is 20.8 Å². The van der Waals surface area contributed by atoms with E-state index in [0.717, 1.165) is 11.4 Å². The second-order valence-electron chi connectivity index (χ2n) is 4.22. The Kier molecular flexibility index (Phi) is 4.13. The van der Waals surface area contributed by atoms with Crippen molar-refractivity contribution < 1.29 is 9.53 Å². The van der Waals surface area contributed by atoms with Gasteiger partial charge in [0.15, 0.2) is 5.57 Å². The van der Waals surface area contributed by atoms with Crippen molar-refractivity contribution in [1.29, 1.82) is 5.26 Å². The molecule has 0 radical (unpaired) electrons. The Morgan fingerprint density at radius 1 is 1.52 bits per heavy atom. The number of hydrogen-bond donors (Lipinski definition) is 1. The predicted octanol–water partition coefficient (Wildman–Crippen LogP) is 1.12. The van der Waals surface area contributed by atoms with Crippen LogP contribution in [0.4, 0.5) is 5.95 Å². The number of anilines is 1. The molecule has 0 aromatic carbocycles. The first kappa shape index (κ1) is 14.5. The van der Waals surface area contributed by atoms with Crippen LogP contribution in [0.1, 0.15) is 18.3 Å². The molecule has 21 heavy (non-hydrogen) atoms. The van der Waals surface area contributed by atoms with Gasteiger partial charge in [-0.1, -0.05) is 0 Å². The van der Waals surface area contributed by atoms with Gasteiger partial charge in [0.25, 0.3) is 5.78 Å². The molecule has 0 atom stereocenters. The van der Waals surface area contributed by atoms with E-state index in [4.69, 9.17) is 10.00 Å². The summed E-state index contributed by atoms with van der Waals surface area (Å²) >= 11 is 0. The Hall–Kier alpha value is -2.95. The fourth-order valence-corrected chi connectivity index (χ4v) is 1.71. The van der Waals surface area contributed by atoms with Crippen LogP contribution >= 0.6 is 0 Å². The summed E-state index contributed by atoms with van der Waals surface area (Å²) in [6.45, 7) is 5.62. The lowest BCUT2D eigenvalue weighted by Gasteiger charge is -1.99. The molecule has 8 heteroatoms. The molecule has 0 fully saturated rings. The summed E-state index contributed by atoms with van der Waals surface area (Å²) in [6, 6.07) is 3.63. The minimum absolute atomic E-state index is 0.156. The molecule has 1 N–H and O–H groups in total. The van der Waals surface area contributed by atoms with Gasteiger partial charge in [-0.15, -0.1) is 5.10 Å². The van der Waals surface area contributed by atoms with Gasteiger partial charge in [-0.25, -0.2) is 9.78 Å². The molecule has 0 saturated carbocycles. The summed E-state index contributed by atoms with van der Waals surface area (Å²) in [5.74, 6) is -0.00675. The quantitative estimate of drug-likeness (QED) is 0.510. The summed E-state index contributed by atoms with van der Waals surface area (Å²) in [5.41, 5.74) is 1.56. The first-order valence-electron chi connectivity index (χ1n) is 6.30. The smallest absolute Gasteiger partial charge is 0.350 e. The lowest BCUT2D eigenvalue weighted by molar-refractivity contribution is -0.138. The molecule has 8 nitrogen and oxygen atoms in total. The molecular formula is C13H14N6O2. The Labute approximate surface area is 121 Å². The first-order valence-corrected chi connectivity index (χ1v) is 6.30. The molecule has 0 unspecified atom stereocenters. The molecule has 0 bridgehead atoms. The molecule has 0 aliphatic carbocycles. The van der Waals surface area contributed by atoms with Gasteiger partial charge in [0.2, 0.25) is 5.95 Å². The summed E-state index contributed by atoms with van der Waals surface area (Å²) < 4.78 is 6.32. The van der Waals surface area contributed by atoms with E-state index in [1.165, 1.54) is 6.20 Å². The van der Waals surface area contributed by atoms with Gasteiger partial charge in [0.05, 0.1) is 6.61 Å². The number of aryl methyl sites for hydroxylation is 2. The number of carbonyl (C=O) groups is 1. The Morgan fingerprint density at radius 3 is 2.95 bits per heavy atom. The van der Waals surface area contributed by atoms with E-state index in [1.807, 2.05) is 19.9 Å². The molecule has 0 amide bonds. The normalized spacial score (nSPS) is 11.2. The summed E-state index contributed by atoms with van der Waals surface area (Å²) in [5, 5.41) is 15.8. The van der Waals surface area contributed by atoms with Crippen molar-refractivity contribution in [2.75, 3.05) is 11.9 Å². The highest BCUT2D eigenvalue weighted by Crippen LogP contribution is 2.08. The summed E-state index contributed by atoms with van der Waals surface area (Å²) in [4.78, 5) is 19.9. The van der Waals surface area contributed by atoms with Gasteiger partial charge >= 0.3 is 5.97 Å². The zero-order valence-electron chi connectivity index (χ0n) is 11.9. The average Bonchev–Trinajstić information content (AvgIpc) is 2.83. The van der Waals surface area contributed by atoms with Crippen LogP contribution in [0.15, 0.2) is 17.8 Å². The van der Waals surface area contributed by atoms with Crippen LogP contribution in [-0.2, 0) is 9.53 Å². The van der Waals surface area contributed by atoms with Crippen molar-refractivity contribution >= 4 is 17.7 Å². The number of hydrogen-bond acceptors (Lipinski definition) is 7. The molecule has 108 valence electrons. The number of aromatic nitrogens is 4. The molecule has 0 spiro atoms. The number of nitrogens with zero attached hydrogens (tertiary/aromatic N) is 5. The standard InChI is InChI=1S/C13H14N6O2/c1-4-21-11(20)10(6-14)7-15-12-17-13-16-8(2)5-9(3)19(13)18-12/h5,7H,4H2,1-3H3,(H,15,18)/b10-7+. The van der Waals surface area contributed by atoms with Crippen LogP contribution in [0.25, 0.3) is 5.78 Å². The zero-order chi connectivity index (χ0) is 15.4. The van der Waals surface area contributed by atoms with Gasteiger partial charge in [-0.2, -0.15) is 14.8 Å². The topological polar surface area (TPSA) is 105 Å². The third-order valence-electron chi connectivity index (χ3n) is 2.58. The molecular weight excluding hydrogens is 272 g/mol. The van der Waals surface area contributed by atoms with Crippen LogP contribution in [0.2, 0.25) is 0 Å². The Morgan fingerprint density at radius 2 is 2.29 bits per heavy atom. The number of fused-ring (bicyclic) bond motifs is 1. The molecule has 2 rings (SSSR count). The Bertz CT molecular complexity index is 756. The van der Waals surface area contributed by atoms with Crippen LogP contribution in [0.3, 0.4) is 0 Å². The number of esters is 1. The van der Waals surface area contributed by atoms with E-state index in [-0.39, 0.29) is 18.1 Å². The Balaban J connectivity index is 2.26. The third-order valence-corrected chi connectivity index (χ3v) is 2.58. The summed E-state index contributed by atoms with van der Waals surface area (Å²) in [7, 11) is 0. The number of nitrogens with one attached hydrogen (secondary N) is 1. The van der Waals surface area contributed by atoms with Crippen molar-refractivity contribution in [3.63, 3.8) is 0 Å². The van der Waals surface area contributed by atoms with E-state index < -0.39 is 5.97 Å². The molecule has 0 aliphatic heterocycles. The van der Waals surface area contributed by atoms with E-state index in [2.05, 4.69) is 20.4 Å². The molecule has 0 saturated heterocycles. The number of carbonyl (C=O) groups excluding carboxylic acids is 1. The predicted molar refractivity (Wildman–Crippen MR) is 74.2 cm³/mol. The highest BCUT2D eigenvalue weighted by molar-refractivity contribution is 5.93. The minimum Gasteiger partial charge on any atom is -0.462 e. The monoisotopic (exact) mass is 286 g/mol. The van der Waals surface area contributed by atoms with Crippen molar-refractivity contribution in [2.24, 2.45) is 0 Å². The fourth-order valence-electron chi connectivity index (χ4n) is 1.71. The van der Waals surface area contributed by atoms with Gasteiger partial charge in [-0.05, 0) is 26.8 Å². The first-order chi connectivity index (χ1) is 10.0. The maximum Gasteiger partial charge on any atom is 0.350 e. The van der Waals surface area contributed by atoms with E-state index in [9.17, 15) is 4.79 Å². The summed E-state index contributed by atoms with van der Waals surface area (Å²) in [6.07, 6.45) is 1.22. The maximum atomic E-state index is 11.5. The van der Waals surface area contributed by atoms with Crippen molar-refractivity contribution in [1.82, 2.24) is 19.6 Å². The average molecular weight is 286 g/mol. The third kappa shape index (κ3) is 3.14. The fraction of sp³-hybridized carbons (Fsp3) is 0.308. The van der Waals surface area contributed by atoms with Gasteiger partial charge in [-0.3, -0.25) is 0 Å². The number of nitriles is 1. The van der Waals surface area contributed by atoms with E-state index in [1.54, 1.807) is 17.5 Å². The largest absolute Gasteiger partial charge is 0.462 e. The van der Waals surface area contributed by atoms with Crippen molar-refractivity contribution in [3.8, 4) is 6.07 Å². The SMILES string of the molecule is CCOC(=O)/C(C#N)=C/Nc1nc2nc(C)cc(C)n2n1. The van der Waals surface area contributed by atoms with Crippen molar-refractivity contribution in [3.05, 3.63) is 29.2 Å². The lowest BCUT2D eigenvalue weighted by atomic mass is 10.3. The molecule has 2 aromatic rings. The maximum absolute atomic E-state index is 11.5.